The molecular formula is C14H26N2O4. The fourth-order valence-electron chi connectivity index (χ4n) is 2.63. The fourth-order valence-corrected chi connectivity index (χ4v) is 2.63. The first-order valence-electron chi connectivity index (χ1n) is 7.35. The number of unbranched alkanes of at least 4 members (excludes halogenated alkanes) is 1. The van der Waals surface area contributed by atoms with Crippen molar-refractivity contribution in [1.29, 1.82) is 0 Å². The lowest BCUT2D eigenvalue weighted by molar-refractivity contribution is -0.139. The number of nitrogens with zero attached hydrogens (tertiary/aromatic N) is 1. The summed E-state index contributed by atoms with van der Waals surface area (Å²) in [5, 5.41) is 21.9. The summed E-state index contributed by atoms with van der Waals surface area (Å²) in [6.45, 7) is 2.22. The van der Waals surface area contributed by atoms with Crippen molar-refractivity contribution >= 4 is 12.0 Å². The summed E-state index contributed by atoms with van der Waals surface area (Å²) in [6, 6.07) is -1.29. The van der Waals surface area contributed by atoms with E-state index in [2.05, 4.69) is 5.32 Å². The molecule has 0 radical (unpaired) electrons. The second kappa shape index (κ2) is 7.47. The van der Waals surface area contributed by atoms with Crippen LogP contribution in [0.1, 0.15) is 51.9 Å². The monoisotopic (exact) mass is 286 g/mol. The molecular weight excluding hydrogens is 260 g/mol. The molecule has 0 bridgehead atoms. The van der Waals surface area contributed by atoms with Gasteiger partial charge in [-0.1, -0.05) is 32.6 Å². The average molecular weight is 286 g/mol. The zero-order valence-corrected chi connectivity index (χ0v) is 12.4. The minimum Gasteiger partial charge on any atom is -0.480 e. The van der Waals surface area contributed by atoms with Crippen LogP contribution < -0.4 is 5.32 Å². The highest BCUT2D eigenvalue weighted by Crippen LogP contribution is 2.29. The smallest absolute Gasteiger partial charge is 0.326 e. The number of carbonyl (C=O) groups is 2. The molecule has 1 aliphatic carbocycles. The van der Waals surface area contributed by atoms with Crippen molar-refractivity contribution in [2.45, 2.75) is 63.5 Å². The Kier molecular flexibility index (Phi) is 6.26. The van der Waals surface area contributed by atoms with E-state index >= 15 is 0 Å². The van der Waals surface area contributed by atoms with E-state index in [1.165, 1.54) is 4.90 Å². The van der Waals surface area contributed by atoms with Crippen LogP contribution in [-0.2, 0) is 4.79 Å². The van der Waals surface area contributed by atoms with Gasteiger partial charge in [-0.2, -0.15) is 0 Å². The molecule has 1 fully saturated rings. The number of hydrogen-bond donors (Lipinski definition) is 3. The number of hydrogen-bond acceptors (Lipinski definition) is 3. The number of amides is 2. The summed E-state index contributed by atoms with van der Waals surface area (Å²) >= 11 is 0. The topological polar surface area (TPSA) is 89.9 Å². The average Bonchev–Trinajstić information content (AvgIpc) is 2.80. The SMILES string of the molecule is CCCCC(NC(=O)N(C)CC1(O)CCCC1)C(=O)O. The van der Waals surface area contributed by atoms with E-state index in [1.807, 2.05) is 6.92 Å². The molecule has 1 unspecified atom stereocenters. The lowest BCUT2D eigenvalue weighted by Gasteiger charge is -2.29. The first-order valence-corrected chi connectivity index (χ1v) is 7.35. The van der Waals surface area contributed by atoms with E-state index < -0.39 is 23.6 Å². The van der Waals surface area contributed by atoms with Crippen LogP contribution in [0, 0.1) is 0 Å². The number of urea groups is 1. The van der Waals surface area contributed by atoms with Crippen LogP contribution in [0.15, 0.2) is 0 Å². The van der Waals surface area contributed by atoms with Gasteiger partial charge in [-0.25, -0.2) is 9.59 Å². The van der Waals surface area contributed by atoms with E-state index in [1.54, 1.807) is 7.05 Å². The summed E-state index contributed by atoms with van der Waals surface area (Å²) in [7, 11) is 1.59. The van der Waals surface area contributed by atoms with Crippen molar-refractivity contribution in [3.63, 3.8) is 0 Å². The highest BCUT2D eigenvalue weighted by atomic mass is 16.4. The molecule has 0 spiro atoms. The second-order valence-corrected chi connectivity index (χ2v) is 5.77. The number of aliphatic carboxylic acids is 1. The molecule has 2 amide bonds. The maximum atomic E-state index is 12.0. The lowest BCUT2D eigenvalue weighted by Crippen LogP contribution is -2.50. The van der Waals surface area contributed by atoms with Crippen LogP contribution in [0.3, 0.4) is 0 Å². The number of likely N-dealkylation sites (N-methyl/N-ethyl adjacent to an activating group) is 1. The summed E-state index contributed by atoms with van der Waals surface area (Å²) < 4.78 is 0. The van der Waals surface area contributed by atoms with Crippen LogP contribution >= 0.6 is 0 Å². The Bertz CT molecular complexity index is 340. The Labute approximate surface area is 120 Å². The minimum atomic E-state index is -1.01. The van der Waals surface area contributed by atoms with Crippen LogP contribution in [0.2, 0.25) is 0 Å². The van der Waals surface area contributed by atoms with Crippen molar-refractivity contribution in [3.05, 3.63) is 0 Å². The third kappa shape index (κ3) is 5.00. The zero-order chi connectivity index (χ0) is 15.2. The maximum absolute atomic E-state index is 12.0. The highest BCUT2D eigenvalue weighted by molar-refractivity contribution is 5.82. The summed E-state index contributed by atoms with van der Waals surface area (Å²) in [4.78, 5) is 24.5. The van der Waals surface area contributed by atoms with Gasteiger partial charge >= 0.3 is 12.0 Å². The number of rotatable bonds is 7. The Hall–Kier alpha value is -1.30. The van der Waals surface area contributed by atoms with Crippen molar-refractivity contribution in [2.24, 2.45) is 0 Å². The van der Waals surface area contributed by atoms with E-state index in [0.29, 0.717) is 19.3 Å². The number of nitrogens with one attached hydrogen (secondary N) is 1. The molecule has 20 heavy (non-hydrogen) atoms. The predicted octanol–water partition coefficient (Wildman–Crippen LogP) is 1.58. The molecule has 1 atom stereocenters. The Morgan fingerprint density at radius 1 is 1.35 bits per heavy atom. The molecule has 0 aromatic heterocycles. The molecule has 3 N–H and O–H groups in total. The molecule has 1 aliphatic rings. The molecule has 0 aliphatic heterocycles. The van der Waals surface area contributed by atoms with Crippen molar-refractivity contribution in [2.75, 3.05) is 13.6 Å². The molecule has 1 saturated carbocycles. The van der Waals surface area contributed by atoms with Crippen molar-refractivity contribution in [3.8, 4) is 0 Å². The largest absolute Gasteiger partial charge is 0.480 e. The number of carbonyl (C=O) groups excluding carboxylic acids is 1. The molecule has 0 aromatic rings. The zero-order valence-electron chi connectivity index (χ0n) is 12.4. The van der Waals surface area contributed by atoms with Gasteiger partial charge in [-0.15, -0.1) is 0 Å². The summed E-state index contributed by atoms with van der Waals surface area (Å²) in [5.41, 5.74) is -0.811. The van der Waals surface area contributed by atoms with E-state index in [4.69, 9.17) is 5.11 Å². The van der Waals surface area contributed by atoms with Gasteiger partial charge in [0.15, 0.2) is 0 Å². The first kappa shape index (κ1) is 16.8. The van der Waals surface area contributed by atoms with Gasteiger partial charge in [0.1, 0.15) is 6.04 Å². The van der Waals surface area contributed by atoms with E-state index in [9.17, 15) is 14.7 Å². The van der Waals surface area contributed by atoms with Gasteiger partial charge in [0.25, 0.3) is 0 Å². The van der Waals surface area contributed by atoms with Crippen LogP contribution in [-0.4, -0.2) is 52.3 Å². The Morgan fingerprint density at radius 2 is 1.95 bits per heavy atom. The Morgan fingerprint density at radius 3 is 2.45 bits per heavy atom. The van der Waals surface area contributed by atoms with Gasteiger partial charge in [0, 0.05) is 7.05 Å². The van der Waals surface area contributed by atoms with Gasteiger partial charge in [-0.3, -0.25) is 0 Å². The summed E-state index contributed by atoms with van der Waals surface area (Å²) in [5.74, 6) is -1.01. The summed E-state index contributed by atoms with van der Waals surface area (Å²) in [6.07, 6.45) is 5.40. The normalized spacial score (nSPS) is 18.6. The van der Waals surface area contributed by atoms with Crippen LogP contribution in [0.25, 0.3) is 0 Å². The molecule has 6 heteroatoms. The molecule has 0 heterocycles. The van der Waals surface area contributed by atoms with Gasteiger partial charge < -0.3 is 20.4 Å². The van der Waals surface area contributed by atoms with E-state index in [0.717, 1.165) is 25.7 Å². The van der Waals surface area contributed by atoms with Gasteiger partial charge in [-0.05, 0) is 19.3 Å². The predicted molar refractivity (Wildman–Crippen MR) is 75.5 cm³/mol. The molecule has 1 rings (SSSR count). The Balaban J connectivity index is 2.48. The van der Waals surface area contributed by atoms with Crippen molar-refractivity contribution in [1.82, 2.24) is 10.2 Å². The van der Waals surface area contributed by atoms with Crippen LogP contribution in [0.4, 0.5) is 4.79 Å². The molecule has 116 valence electrons. The van der Waals surface area contributed by atoms with Gasteiger partial charge in [0.2, 0.25) is 0 Å². The number of carboxylic acids is 1. The second-order valence-electron chi connectivity index (χ2n) is 5.77. The van der Waals surface area contributed by atoms with E-state index in [-0.39, 0.29) is 6.54 Å². The molecule has 6 nitrogen and oxygen atoms in total. The number of carboxylic acid groups (broad SMARTS) is 1. The maximum Gasteiger partial charge on any atom is 0.326 e. The lowest BCUT2D eigenvalue weighted by atomic mass is 10.0. The minimum absolute atomic E-state index is 0.249. The van der Waals surface area contributed by atoms with Crippen LogP contribution in [0.5, 0.6) is 0 Å². The third-order valence-corrected chi connectivity index (χ3v) is 3.85. The third-order valence-electron chi connectivity index (χ3n) is 3.85. The standard InChI is InChI=1S/C14H26N2O4/c1-3-4-7-11(12(17)18)15-13(19)16(2)10-14(20)8-5-6-9-14/h11,20H,3-10H2,1-2H3,(H,15,19)(H,17,18). The van der Waals surface area contributed by atoms with Crippen molar-refractivity contribution < 1.29 is 19.8 Å². The highest BCUT2D eigenvalue weighted by Gasteiger charge is 2.34. The van der Waals surface area contributed by atoms with Gasteiger partial charge in [0.05, 0.1) is 12.1 Å². The molecule has 0 aromatic carbocycles. The molecule has 0 saturated heterocycles. The fraction of sp³-hybridized carbons (Fsp3) is 0.857. The number of aliphatic hydroxyl groups is 1. The quantitative estimate of drug-likeness (QED) is 0.662. The first-order chi connectivity index (χ1) is 9.38.